The molecule has 0 unspecified atom stereocenters. The summed E-state index contributed by atoms with van der Waals surface area (Å²) in [6.45, 7) is 3.90. The molecule has 0 radical (unpaired) electrons. The number of rotatable bonds is 9. The van der Waals surface area contributed by atoms with Crippen molar-refractivity contribution < 1.29 is 17.9 Å². The standard InChI is InChI=1S/C15H22F3NO/c1-2-9-19-10-7-13-5-3-4-6-14(13)12-20-11-8-15(16,17)18/h3-6,19H,2,7-12H2,1H3. The van der Waals surface area contributed by atoms with Gasteiger partial charge in [0.2, 0.25) is 0 Å². The van der Waals surface area contributed by atoms with Gasteiger partial charge in [0.05, 0.1) is 19.6 Å². The van der Waals surface area contributed by atoms with Crippen LogP contribution in [0.25, 0.3) is 0 Å². The van der Waals surface area contributed by atoms with E-state index in [-0.39, 0.29) is 13.2 Å². The van der Waals surface area contributed by atoms with Crippen molar-refractivity contribution in [3.8, 4) is 0 Å². The second kappa shape index (κ2) is 8.97. The van der Waals surface area contributed by atoms with Crippen molar-refractivity contribution in [1.82, 2.24) is 5.32 Å². The number of alkyl halides is 3. The lowest BCUT2D eigenvalue weighted by molar-refractivity contribution is -0.146. The van der Waals surface area contributed by atoms with Crippen LogP contribution in [0.15, 0.2) is 24.3 Å². The first-order valence-corrected chi connectivity index (χ1v) is 6.95. The SMILES string of the molecule is CCCNCCc1ccccc1COCCC(F)(F)F. The highest BCUT2D eigenvalue weighted by Gasteiger charge is 2.26. The number of nitrogens with one attached hydrogen (secondary N) is 1. The lowest BCUT2D eigenvalue weighted by atomic mass is 10.1. The molecule has 0 heterocycles. The molecular formula is C15H22F3NO. The summed E-state index contributed by atoms with van der Waals surface area (Å²) < 4.78 is 41.2. The van der Waals surface area contributed by atoms with Gasteiger partial charge in [0.25, 0.3) is 0 Å². The smallest absolute Gasteiger partial charge is 0.376 e. The Morgan fingerprint density at radius 3 is 2.45 bits per heavy atom. The highest BCUT2D eigenvalue weighted by atomic mass is 19.4. The summed E-state index contributed by atoms with van der Waals surface area (Å²) in [5.41, 5.74) is 2.09. The van der Waals surface area contributed by atoms with Crippen molar-refractivity contribution in [2.24, 2.45) is 0 Å². The summed E-state index contributed by atoms with van der Waals surface area (Å²) in [6, 6.07) is 7.72. The van der Waals surface area contributed by atoms with E-state index in [2.05, 4.69) is 12.2 Å². The lowest BCUT2D eigenvalue weighted by Crippen LogP contribution is -2.18. The third kappa shape index (κ3) is 7.50. The van der Waals surface area contributed by atoms with Crippen LogP contribution in [-0.2, 0) is 17.8 Å². The Labute approximate surface area is 118 Å². The molecule has 2 nitrogen and oxygen atoms in total. The van der Waals surface area contributed by atoms with E-state index in [1.807, 2.05) is 24.3 Å². The van der Waals surface area contributed by atoms with Crippen molar-refractivity contribution in [3.05, 3.63) is 35.4 Å². The van der Waals surface area contributed by atoms with Gasteiger partial charge in [-0.1, -0.05) is 31.2 Å². The first-order chi connectivity index (χ1) is 9.53. The minimum absolute atomic E-state index is 0.236. The molecule has 5 heteroatoms. The van der Waals surface area contributed by atoms with Gasteiger partial charge in [-0.3, -0.25) is 0 Å². The molecule has 0 fully saturated rings. The van der Waals surface area contributed by atoms with E-state index >= 15 is 0 Å². The highest BCUT2D eigenvalue weighted by molar-refractivity contribution is 5.26. The van der Waals surface area contributed by atoms with Gasteiger partial charge >= 0.3 is 6.18 Å². The Balaban J connectivity index is 2.37. The number of hydrogen-bond acceptors (Lipinski definition) is 2. The van der Waals surface area contributed by atoms with Gasteiger partial charge in [0.15, 0.2) is 0 Å². The average Bonchev–Trinajstić information content (AvgIpc) is 2.40. The minimum Gasteiger partial charge on any atom is -0.376 e. The van der Waals surface area contributed by atoms with Crippen molar-refractivity contribution in [2.45, 2.75) is 39.0 Å². The van der Waals surface area contributed by atoms with Crippen LogP contribution in [0.4, 0.5) is 13.2 Å². The van der Waals surface area contributed by atoms with Crippen LogP contribution in [0, 0.1) is 0 Å². The van der Waals surface area contributed by atoms with Crippen molar-refractivity contribution in [3.63, 3.8) is 0 Å². The van der Waals surface area contributed by atoms with Crippen molar-refractivity contribution >= 4 is 0 Å². The molecule has 1 aromatic rings. The summed E-state index contributed by atoms with van der Waals surface area (Å²) >= 11 is 0. The Hall–Kier alpha value is -1.07. The van der Waals surface area contributed by atoms with E-state index in [4.69, 9.17) is 4.74 Å². The Morgan fingerprint density at radius 1 is 1.10 bits per heavy atom. The monoisotopic (exact) mass is 289 g/mol. The van der Waals surface area contributed by atoms with Crippen molar-refractivity contribution in [1.29, 1.82) is 0 Å². The molecule has 1 aromatic carbocycles. The first-order valence-electron chi connectivity index (χ1n) is 6.95. The van der Waals surface area contributed by atoms with Crippen LogP contribution in [0.5, 0.6) is 0 Å². The fourth-order valence-electron chi connectivity index (χ4n) is 1.84. The lowest BCUT2D eigenvalue weighted by Gasteiger charge is -2.11. The van der Waals surface area contributed by atoms with E-state index in [0.717, 1.165) is 37.1 Å². The molecule has 0 amide bonds. The Kier molecular flexibility index (Phi) is 7.62. The topological polar surface area (TPSA) is 21.3 Å². The maximum Gasteiger partial charge on any atom is 0.391 e. The fourth-order valence-corrected chi connectivity index (χ4v) is 1.84. The molecule has 0 aliphatic carbocycles. The molecule has 20 heavy (non-hydrogen) atoms. The van der Waals surface area contributed by atoms with Crippen LogP contribution in [0.1, 0.15) is 30.9 Å². The highest BCUT2D eigenvalue weighted by Crippen LogP contribution is 2.19. The minimum atomic E-state index is -4.15. The zero-order valence-corrected chi connectivity index (χ0v) is 11.8. The van der Waals surface area contributed by atoms with Crippen LogP contribution in [-0.4, -0.2) is 25.9 Å². The summed E-state index contributed by atoms with van der Waals surface area (Å²) in [5, 5.41) is 3.31. The summed E-state index contributed by atoms with van der Waals surface area (Å²) in [6.07, 6.45) is -3.10. The zero-order valence-electron chi connectivity index (χ0n) is 11.8. The van der Waals surface area contributed by atoms with E-state index in [9.17, 15) is 13.2 Å². The molecule has 0 aliphatic heterocycles. The van der Waals surface area contributed by atoms with Gasteiger partial charge < -0.3 is 10.1 Å². The Morgan fingerprint density at radius 2 is 1.80 bits per heavy atom. The van der Waals surface area contributed by atoms with Crippen LogP contribution in [0.3, 0.4) is 0 Å². The van der Waals surface area contributed by atoms with Gasteiger partial charge in [0.1, 0.15) is 0 Å². The largest absolute Gasteiger partial charge is 0.391 e. The molecule has 0 aromatic heterocycles. The second-order valence-corrected chi connectivity index (χ2v) is 4.69. The van der Waals surface area contributed by atoms with Crippen molar-refractivity contribution in [2.75, 3.05) is 19.7 Å². The maximum absolute atomic E-state index is 12.0. The Bertz CT molecular complexity index is 380. The third-order valence-corrected chi connectivity index (χ3v) is 2.90. The predicted molar refractivity (Wildman–Crippen MR) is 73.6 cm³/mol. The molecular weight excluding hydrogens is 267 g/mol. The fraction of sp³-hybridized carbons (Fsp3) is 0.600. The van der Waals surface area contributed by atoms with Crippen LogP contribution < -0.4 is 5.32 Å². The number of benzene rings is 1. The maximum atomic E-state index is 12.0. The molecule has 0 bridgehead atoms. The first kappa shape index (κ1) is 17.0. The van der Waals surface area contributed by atoms with E-state index in [1.165, 1.54) is 0 Å². The van der Waals surface area contributed by atoms with Gasteiger partial charge in [-0.05, 0) is 37.1 Å². The normalized spacial score (nSPS) is 11.8. The average molecular weight is 289 g/mol. The van der Waals surface area contributed by atoms with Crippen LogP contribution >= 0.6 is 0 Å². The third-order valence-electron chi connectivity index (χ3n) is 2.90. The van der Waals surface area contributed by atoms with Crippen LogP contribution in [0.2, 0.25) is 0 Å². The van der Waals surface area contributed by atoms with Gasteiger partial charge in [-0.2, -0.15) is 13.2 Å². The number of ether oxygens (including phenoxy) is 1. The molecule has 1 rings (SSSR count). The zero-order chi connectivity index (χ0) is 14.8. The van der Waals surface area contributed by atoms with E-state index < -0.39 is 12.6 Å². The molecule has 0 saturated heterocycles. The molecule has 0 spiro atoms. The summed E-state index contributed by atoms with van der Waals surface area (Å²) in [4.78, 5) is 0. The summed E-state index contributed by atoms with van der Waals surface area (Å²) in [5.74, 6) is 0. The van der Waals surface area contributed by atoms with Gasteiger partial charge in [-0.25, -0.2) is 0 Å². The number of hydrogen-bond donors (Lipinski definition) is 1. The molecule has 0 atom stereocenters. The summed E-state index contributed by atoms with van der Waals surface area (Å²) in [7, 11) is 0. The molecule has 0 saturated carbocycles. The molecule has 0 aliphatic rings. The predicted octanol–water partition coefficient (Wildman–Crippen LogP) is 3.70. The quantitative estimate of drug-likeness (QED) is 0.700. The second-order valence-electron chi connectivity index (χ2n) is 4.69. The number of halogens is 3. The molecule has 1 N–H and O–H groups in total. The van der Waals surface area contributed by atoms with E-state index in [1.54, 1.807) is 0 Å². The van der Waals surface area contributed by atoms with Gasteiger partial charge in [-0.15, -0.1) is 0 Å². The molecule has 114 valence electrons. The van der Waals surface area contributed by atoms with E-state index in [0.29, 0.717) is 0 Å². The van der Waals surface area contributed by atoms with Gasteiger partial charge in [0, 0.05) is 0 Å².